The van der Waals surface area contributed by atoms with Gasteiger partial charge in [0.1, 0.15) is 0 Å². The normalized spacial score (nSPS) is 13.1. The van der Waals surface area contributed by atoms with Crippen LogP contribution in [0.3, 0.4) is 0 Å². The van der Waals surface area contributed by atoms with Crippen molar-refractivity contribution in [2.45, 2.75) is 35.5 Å². The molecule has 1 heteroatoms. The van der Waals surface area contributed by atoms with Crippen LogP contribution >= 0.6 is 11.8 Å². The summed E-state index contributed by atoms with van der Waals surface area (Å²) in [6.07, 6.45) is 13.2. The lowest BCUT2D eigenvalue weighted by atomic mass is 10.0. The Hall–Kier alpha value is -5.37. The summed E-state index contributed by atoms with van der Waals surface area (Å²) >= 11 is 1.88. The van der Waals surface area contributed by atoms with Crippen LogP contribution in [0.4, 0.5) is 0 Å². The lowest BCUT2D eigenvalue weighted by Crippen LogP contribution is -1.98. The number of hydrogen-bond donors (Lipinski definition) is 0. The van der Waals surface area contributed by atoms with Gasteiger partial charge < -0.3 is 0 Å². The summed E-state index contributed by atoms with van der Waals surface area (Å²) in [5.41, 5.74) is 14.4. The van der Waals surface area contributed by atoms with E-state index in [9.17, 15) is 0 Å². The van der Waals surface area contributed by atoms with Gasteiger partial charge in [-0.2, -0.15) is 0 Å². The van der Waals surface area contributed by atoms with Crippen molar-refractivity contribution in [2.24, 2.45) is 0 Å². The summed E-state index contributed by atoms with van der Waals surface area (Å²) < 4.78 is 0. The van der Waals surface area contributed by atoms with Crippen molar-refractivity contribution >= 4 is 34.7 Å². The van der Waals surface area contributed by atoms with E-state index >= 15 is 0 Å². The smallest absolute Gasteiger partial charge is 0.0157 e. The van der Waals surface area contributed by atoms with Crippen molar-refractivity contribution < 1.29 is 0 Å². The van der Waals surface area contributed by atoms with Crippen LogP contribution in [-0.2, 0) is 25.7 Å². The summed E-state index contributed by atoms with van der Waals surface area (Å²) in [6.45, 7) is 0. The number of fused-ring (bicyclic) bond motifs is 8. The van der Waals surface area contributed by atoms with Gasteiger partial charge in [0.2, 0.25) is 0 Å². The van der Waals surface area contributed by atoms with E-state index in [0.29, 0.717) is 0 Å². The minimum absolute atomic E-state index is 1.08. The molecule has 0 atom stereocenters. The quantitative estimate of drug-likeness (QED) is 0.158. The molecule has 0 aromatic heterocycles. The highest BCUT2D eigenvalue weighted by Gasteiger charge is 2.16. The fraction of sp³-hybridized carbons (Fsp3) is 0.0833. The van der Waals surface area contributed by atoms with Gasteiger partial charge in [-0.1, -0.05) is 176 Å². The van der Waals surface area contributed by atoms with Crippen molar-refractivity contribution in [3.05, 3.63) is 214 Å². The molecule has 7 aromatic rings. The maximum absolute atomic E-state index is 2.30. The average molecular weight is 647 g/mol. The Balaban J connectivity index is 0.0000000959. The lowest BCUT2D eigenvalue weighted by Gasteiger charge is -2.17. The van der Waals surface area contributed by atoms with Crippen LogP contribution in [0.25, 0.3) is 34.1 Å². The highest BCUT2D eigenvalue weighted by Crippen LogP contribution is 2.39. The molecule has 0 unspecified atom stereocenters. The van der Waals surface area contributed by atoms with E-state index in [1.807, 2.05) is 11.8 Å². The SMILES string of the molecule is C1=Cc2cc3ccccc3cc2C1.C1=Cc2ccccc2C1.c1ccc2c(c1)Cc1ccccc1-2.c1ccc2c(c1)Cc1ccccc1S2. The first kappa shape index (κ1) is 30.9. The van der Waals surface area contributed by atoms with Gasteiger partial charge in [-0.05, 0) is 110 Å². The third-order valence-electron chi connectivity index (χ3n) is 9.58. The van der Waals surface area contributed by atoms with Crippen molar-refractivity contribution in [1.29, 1.82) is 0 Å². The van der Waals surface area contributed by atoms with Crippen LogP contribution in [0.2, 0.25) is 0 Å². The second kappa shape index (κ2) is 14.4. The fourth-order valence-corrected chi connectivity index (χ4v) is 8.12. The van der Waals surface area contributed by atoms with Gasteiger partial charge in [0.25, 0.3) is 0 Å². The molecular formula is C48H38S. The van der Waals surface area contributed by atoms with E-state index in [0.717, 1.165) is 25.7 Å². The lowest BCUT2D eigenvalue weighted by molar-refractivity contribution is 1.06. The van der Waals surface area contributed by atoms with Crippen LogP contribution in [0.1, 0.15) is 44.5 Å². The van der Waals surface area contributed by atoms with Crippen LogP contribution < -0.4 is 0 Å². The van der Waals surface area contributed by atoms with E-state index in [4.69, 9.17) is 0 Å². The summed E-state index contributed by atoms with van der Waals surface area (Å²) in [5, 5.41) is 2.69. The van der Waals surface area contributed by atoms with Gasteiger partial charge in [0.15, 0.2) is 0 Å². The van der Waals surface area contributed by atoms with Gasteiger partial charge in [0, 0.05) is 9.79 Å². The molecule has 236 valence electrons. The van der Waals surface area contributed by atoms with Crippen LogP contribution in [-0.4, -0.2) is 0 Å². The van der Waals surface area contributed by atoms with Crippen molar-refractivity contribution in [1.82, 2.24) is 0 Å². The molecule has 0 bridgehead atoms. The Labute approximate surface area is 294 Å². The van der Waals surface area contributed by atoms with Crippen LogP contribution in [0, 0.1) is 0 Å². The molecule has 0 amide bonds. The topological polar surface area (TPSA) is 0 Å². The minimum Gasteiger partial charge on any atom is -0.0895 e. The van der Waals surface area contributed by atoms with Gasteiger partial charge in [-0.15, -0.1) is 0 Å². The zero-order chi connectivity index (χ0) is 32.8. The molecular weight excluding hydrogens is 609 g/mol. The summed E-state index contributed by atoms with van der Waals surface area (Å²) in [6, 6.07) is 56.2. The zero-order valence-electron chi connectivity index (χ0n) is 27.6. The third kappa shape index (κ3) is 6.95. The minimum atomic E-state index is 1.08. The van der Waals surface area contributed by atoms with Crippen LogP contribution in [0.15, 0.2) is 180 Å². The second-order valence-corrected chi connectivity index (χ2v) is 13.9. The largest absolute Gasteiger partial charge is 0.0895 e. The van der Waals surface area contributed by atoms with E-state index in [1.165, 1.54) is 76.2 Å². The van der Waals surface area contributed by atoms with Gasteiger partial charge in [-0.25, -0.2) is 0 Å². The molecule has 0 N–H and O–H groups in total. The molecule has 7 aromatic carbocycles. The molecule has 49 heavy (non-hydrogen) atoms. The van der Waals surface area contributed by atoms with E-state index < -0.39 is 0 Å². The van der Waals surface area contributed by atoms with Crippen molar-refractivity contribution in [3.8, 4) is 11.1 Å². The monoisotopic (exact) mass is 646 g/mol. The number of benzene rings is 7. The predicted octanol–water partition coefficient (Wildman–Crippen LogP) is 12.7. The maximum Gasteiger partial charge on any atom is 0.0157 e. The Kier molecular flexibility index (Phi) is 9.09. The Morgan fingerprint density at radius 1 is 0.347 bits per heavy atom. The molecule has 0 nitrogen and oxygen atoms in total. The molecule has 1 heterocycles. The molecule has 4 aliphatic rings. The Morgan fingerprint density at radius 3 is 1.43 bits per heavy atom. The molecule has 0 saturated carbocycles. The molecule has 0 fully saturated rings. The highest BCUT2D eigenvalue weighted by atomic mass is 32.2. The first-order valence-electron chi connectivity index (χ1n) is 17.2. The van der Waals surface area contributed by atoms with Gasteiger partial charge in [0.05, 0.1) is 0 Å². The molecule has 0 spiro atoms. The number of allylic oxidation sites excluding steroid dienone is 2. The molecule has 1 aliphatic heterocycles. The van der Waals surface area contributed by atoms with E-state index in [-0.39, 0.29) is 0 Å². The molecule has 3 aliphatic carbocycles. The Morgan fingerprint density at radius 2 is 0.796 bits per heavy atom. The number of hydrogen-bond acceptors (Lipinski definition) is 1. The van der Waals surface area contributed by atoms with Crippen molar-refractivity contribution in [3.63, 3.8) is 0 Å². The average Bonchev–Trinajstić information content (AvgIpc) is 3.92. The fourth-order valence-electron chi connectivity index (χ4n) is 7.05. The first-order chi connectivity index (χ1) is 24.3. The molecule has 11 rings (SSSR count). The molecule has 0 radical (unpaired) electrons. The summed E-state index contributed by atoms with van der Waals surface area (Å²) in [7, 11) is 0. The number of rotatable bonds is 0. The Bertz CT molecular complexity index is 2190. The molecule has 0 saturated heterocycles. The second-order valence-electron chi connectivity index (χ2n) is 12.8. The van der Waals surface area contributed by atoms with Gasteiger partial charge in [-0.3, -0.25) is 0 Å². The maximum atomic E-state index is 2.30. The summed E-state index contributed by atoms with van der Waals surface area (Å²) in [5.74, 6) is 0. The zero-order valence-corrected chi connectivity index (χ0v) is 28.4. The first-order valence-corrected chi connectivity index (χ1v) is 18.0. The summed E-state index contributed by atoms with van der Waals surface area (Å²) in [4.78, 5) is 2.82. The van der Waals surface area contributed by atoms with Crippen LogP contribution in [0.5, 0.6) is 0 Å². The standard InChI is InChI=1S/C13H10S.2C13H10.C9H8/c1-3-7-12-10(5-1)9-11-6-2-4-8-13(11)14-12;1-3-7-12-10(5-1)9-11-6-2-4-8-13(11)12;1-2-5-11-9-13-7-3-6-12(13)8-10(11)4-1;1-2-5-9-7-3-6-8(9)4-1/h1-8H,9H2;1-8H,9H2;1-6,8-9H,7H2;1-6H,7H2. The highest BCUT2D eigenvalue weighted by molar-refractivity contribution is 7.99. The van der Waals surface area contributed by atoms with Gasteiger partial charge >= 0.3 is 0 Å². The predicted molar refractivity (Wildman–Crippen MR) is 210 cm³/mol. The van der Waals surface area contributed by atoms with E-state index in [1.54, 1.807) is 0 Å². The van der Waals surface area contributed by atoms with Crippen molar-refractivity contribution in [2.75, 3.05) is 0 Å². The third-order valence-corrected chi connectivity index (χ3v) is 10.8. The van der Waals surface area contributed by atoms with E-state index in [2.05, 4.69) is 182 Å².